The van der Waals surface area contributed by atoms with Gasteiger partial charge in [-0.15, -0.1) is 0 Å². The molecule has 1 heteroatoms. The van der Waals surface area contributed by atoms with Gasteiger partial charge >= 0.3 is 0 Å². The van der Waals surface area contributed by atoms with E-state index in [1.165, 1.54) is 55.2 Å². The molecule has 0 N–H and O–H groups in total. The standard InChI is InChI=1S/C16H18O/c1-2-6-12-11(5-1)9-10-14-13-7-3-4-8-15(13)17-16(12)14/h3-4,7-8,11-12H,1-2,5-6,9-10H2/t11-,12+/m0/s1. The molecule has 17 heavy (non-hydrogen) atoms. The molecular formula is C16H18O. The summed E-state index contributed by atoms with van der Waals surface area (Å²) in [6.45, 7) is 0. The van der Waals surface area contributed by atoms with E-state index in [2.05, 4.69) is 24.3 Å². The van der Waals surface area contributed by atoms with Gasteiger partial charge in [0.1, 0.15) is 11.3 Å². The number of furan rings is 1. The Morgan fingerprint density at radius 1 is 1.00 bits per heavy atom. The van der Waals surface area contributed by atoms with Crippen molar-refractivity contribution in [2.24, 2.45) is 5.92 Å². The molecule has 0 amide bonds. The van der Waals surface area contributed by atoms with E-state index in [-0.39, 0.29) is 0 Å². The molecular weight excluding hydrogens is 208 g/mol. The minimum atomic E-state index is 0.722. The summed E-state index contributed by atoms with van der Waals surface area (Å²) in [5.41, 5.74) is 2.62. The van der Waals surface area contributed by atoms with Gasteiger partial charge in [0.05, 0.1) is 0 Å². The summed E-state index contributed by atoms with van der Waals surface area (Å²) in [7, 11) is 0. The van der Waals surface area contributed by atoms with Gasteiger partial charge in [0.15, 0.2) is 0 Å². The third-order valence-electron chi connectivity index (χ3n) is 4.74. The SMILES string of the molecule is c1ccc2c3c(oc2c1)[C@@H]1CCCC[C@H]1CC3. The number of rotatable bonds is 0. The van der Waals surface area contributed by atoms with Gasteiger partial charge in [0, 0.05) is 16.9 Å². The Balaban J connectivity index is 1.89. The molecule has 2 aromatic rings. The second-order valence-corrected chi connectivity index (χ2v) is 5.63. The van der Waals surface area contributed by atoms with E-state index >= 15 is 0 Å². The summed E-state index contributed by atoms with van der Waals surface area (Å²) in [4.78, 5) is 0. The molecule has 1 heterocycles. The van der Waals surface area contributed by atoms with Crippen LogP contribution in [0.4, 0.5) is 0 Å². The van der Waals surface area contributed by atoms with Gasteiger partial charge in [0.25, 0.3) is 0 Å². The van der Waals surface area contributed by atoms with Crippen LogP contribution < -0.4 is 0 Å². The first-order valence-electron chi connectivity index (χ1n) is 6.94. The Morgan fingerprint density at radius 2 is 1.88 bits per heavy atom. The van der Waals surface area contributed by atoms with Crippen LogP contribution in [0.3, 0.4) is 0 Å². The van der Waals surface area contributed by atoms with E-state index in [1.54, 1.807) is 0 Å². The third-order valence-corrected chi connectivity index (χ3v) is 4.74. The lowest BCUT2D eigenvalue weighted by molar-refractivity contribution is 0.245. The van der Waals surface area contributed by atoms with Crippen LogP contribution in [-0.4, -0.2) is 0 Å². The minimum Gasteiger partial charge on any atom is -0.460 e. The minimum absolute atomic E-state index is 0.722. The first kappa shape index (κ1) is 9.76. The molecule has 1 nitrogen and oxygen atoms in total. The Kier molecular flexibility index (Phi) is 2.08. The Morgan fingerprint density at radius 3 is 2.88 bits per heavy atom. The van der Waals surface area contributed by atoms with Gasteiger partial charge in [-0.25, -0.2) is 0 Å². The van der Waals surface area contributed by atoms with Gasteiger partial charge < -0.3 is 4.42 Å². The van der Waals surface area contributed by atoms with Gasteiger partial charge in [-0.3, -0.25) is 0 Å². The molecule has 0 aliphatic heterocycles. The van der Waals surface area contributed by atoms with Gasteiger partial charge in [-0.2, -0.15) is 0 Å². The number of hydrogen-bond acceptors (Lipinski definition) is 1. The number of fused-ring (bicyclic) bond motifs is 5. The topological polar surface area (TPSA) is 13.1 Å². The first-order valence-corrected chi connectivity index (χ1v) is 6.94. The molecule has 88 valence electrons. The lowest BCUT2D eigenvalue weighted by Gasteiger charge is -2.34. The average molecular weight is 226 g/mol. The fourth-order valence-corrected chi connectivity index (χ4v) is 3.90. The highest BCUT2D eigenvalue weighted by atomic mass is 16.3. The smallest absolute Gasteiger partial charge is 0.134 e. The van der Waals surface area contributed by atoms with Crippen LogP contribution in [-0.2, 0) is 6.42 Å². The van der Waals surface area contributed by atoms with Gasteiger partial charge in [-0.05, 0) is 37.7 Å². The molecule has 1 aromatic carbocycles. The van der Waals surface area contributed by atoms with Crippen molar-refractivity contribution in [3.05, 3.63) is 35.6 Å². The Labute approximate surface area is 102 Å². The van der Waals surface area contributed by atoms with Crippen LogP contribution >= 0.6 is 0 Å². The zero-order chi connectivity index (χ0) is 11.2. The van der Waals surface area contributed by atoms with E-state index in [1.807, 2.05) is 0 Å². The molecule has 1 fully saturated rings. The monoisotopic (exact) mass is 226 g/mol. The number of hydrogen-bond donors (Lipinski definition) is 0. The molecule has 0 unspecified atom stereocenters. The number of para-hydroxylation sites is 1. The molecule has 4 rings (SSSR count). The van der Waals surface area contributed by atoms with Crippen molar-refractivity contribution in [3.63, 3.8) is 0 Å². The van der Waals surface area contributed by atoms with Crippen molar-refractivity contribution >= 4 is 11.0 Å². The highest BCUT2D eigenvalue weighted by Gasteiger charge is 2.35. The van der Waals surface area contributed by atoms with Crippen molar-refractivity contribution < 1.29 is 4.42 Å². The van der Waals surface area contributed by atoms with Crippen LogP contribution in [0.2, 0.25) is 0 Å². The maximum absolute atomic E-state index is 6.16. The van der Waals surface area contributed by atoms with Crippen LogP contribution in [0.25, 0.3) is 11.0 Å². The zero-order valence-corrected chi connectivity index (χ0v) is 10.1. The van der Waals surface area contributed by atoms with Crippen LogP contribution in [0, 0.1) is 5.92 Å². The van der Waals surface area contributed by atoms with E-state index < -0.39 is 0 Å². The fourth-order valence-electron chi connectivity index (χ4n) is 3.90. The summed E-state index contributed by atoms with van der Waals surface area (Å²) in [6, 6.07) is 8.55. The van der Waals surface area contributed by atoms with Crippen LogP contribution in [0.5, 0.6) is 0 Å². The van der Waals surface area contributed by atoms with E-state index in [0.717, 1.165) is 17.4 Å². The predicted octanol–water partition coefficient (Wildman–Crippen LogP) is 4.65. The largest absolute Gasteiger partial charge is 0.460 e. The van der Waals surface area contributed by atoms with Crippen molar-refractivity contribution in [1.29, 1.82) is 0 Å². The maximum Gasteiger partial charge on any atom is 0.134 e. The number of aryl methyl sites for hydroxylation is 1. The highest BCUT2D eigenvalue weighted by Crippen LogP contribution is 2.47. The summed E-state index contributed by atoms with van der Waals surface area (Å²) < 4.78 is 6.16. The Bertz CT molecular complexity index is 552. The lowest BCUT2D eigenvalue weighted by Crippen LogP contribution is -2.22. The normalized spacial score (nSPS) is 27.8. The quantitative estimate of drug-likeness (QED) is 0.637. The molecule has 2 aliphatic carbocycles. The van der Waals surface area contributed by atoms with Crippen molar-refractivity contribution in [2.45, 2.75) is 44.4 Å². The molecule has 2 aliphatic rings. The molecule has 0 saturated heterocycles. The Hall–Kier alpha value is -1.24. The molecule has 0 radical (unpaired) electrons. The van der Waals surface area contributed by atoms with Gasteiger partial charge in [-0.1, -0.05) is 31.0 Å². The molecule has 2 atom stereocenters. The number of benzene rings is 1. The molecule has 0 bridgehead atoms. The summed E-state index contributed by atoms with van der Waals surface area (Å²) in [5.74, 6) is 2.96. The summed E-state index contributed by atoms with van der Waals surface area (Å²) in [5, 5.41) is 1.37. The van der Waals surface area contributed by atoms with E-state index in [4.69, 9.17) is 4.42 Å². The van der Waals surface area contributed by atoms with Crippen molar-refractivity contribution in [1.82, 2.24) is 0 Å². The summed E-state index contributed by atoms with van der Waals surface area (Å²) >= 11 is 0. The first-order chi connectivity index (χ1) is 8.43. The fraction of sp³-hybridized carbons (Fsp3) is 0.500. The highest BCUT2D eigenvalue weighted by molar-refractivity contribution is 5.82. The van der Waals surface area contributed by atoms with Crippen LogP contribution in [0.15, 0.2) is 28.7 Å². The van der Waals surface area contributed by atoms with Crippen molar-refractivity contribution in [3.8, 4) is 0 Å². The maximum atomic E-state index is 6.16. The van der Waals surface area contributed by atoms with Crippen molar-refractivity contribution in [2.75, 3.05) is 0 Å². The second-order valence-electron chi connectivity index (χ2n) is 5.63. The molecule has 0 spiro atoms. The van der Waals surface area contributed by atoms with E-state index in [0.29, 0.717) is 0 Å². The zero-order valence-electron chi connectivity index (χ0n) is 10.1. The average Bonchev–Trinajstić information content (AvgIpc) is 2.78. The van der Waals surface area contributed by atoms with Crippen LogP contribution in [0.1, 0.15) is 49.3 Å². The molecule has 1 aromatic heterocycles. The van der Waals surface area contributed by atoms with E-state index in [9.17, 15) is 0 Å². The predicted molar refractivity (Wildman–Crippen MR) is 69.2 cm³/mol. The summed E-state index contributed by atoms with van der Waals surface area (Å²) in [6.07, 6.45) is 8.18. The van der Waals surface area contributed by atoms with Gasteiger partial charge in [0.2, 0.25) is 0 Å². The lowest BCUT2D eigenvalue weighted by atomic mass is 9.71. The molecule has 1 saturated carbocycles. The second kappa shape index (κ2) is 3.63. The third kappa shape index (κ3) is 1.38.